The van der Waals surface area contributed by atoms with Crippen molar-refractivity contribution in [2.24, 2.45) is 0 Å². The zero-order valence-electron chi connectivity index (χ0n) is 23.6. The molecule has 0 spiro atoms. The third-order valence-electron chi connectivity index (χ3n) is 6.86. The normalized spacial score (nSPS) is 20.6. The number of unbranched alkanes of at least 4 members (excludes halogenated alkanes) is 1. The lowest BCUT2D eigenvalue weighted by atomic mass is 9.88. The highest BCUT2D eigenvalue weighted by molar-refractivity contribution is 8.22. The Bertz CT molecular complexity index is 1130. The van der Waals surface area contributed by atoms with Crippen LogP contribution in [0.2, 0.25) is 0 Å². The van der Waals surface area contributed by atoms with E-state index in [0.717, 1.165) is 42.0 Å². The zero-order valence-corrected chi connectivity index (χ0v) is 25.2. The van der Waals surface area contributed by atoms with Crippen molar-refractivity contribution >= 4 is 39.9 Å². The first-order valence-electron chi connectivity index (χ1n) is 13.0. The van der Waals surface area contributed by atoms with E-state index in [2.05, 4.69) is 18.7 Å². The van der Waals surface area contributed by atoms with Crippen LogP contribution in [0.25, 0.3) is 0 Å². The van der Waals surface area contributed by atoms with E-state index in [1.807, 2.05) is 49.7 Å². The van der Waals surface area contributed by atoms with Crippen molar-refractivity contribution in [2.75, 3.05) is 24.7 Å². The largest absolute Gasteiger partial charge is 0.463 e. The van der Waals surface area contributed by atoms with Crippen molar-refractivity contribution in [1.29, 1.82) is 0 Å². The SMILES string of the molecule is CCCCC1(CC)CN(c2ccccc2)c2cc(SC)c(O/C=C/C(=O)OC(C)(C)C)cc2S(O)(O)N1C. The van der Waals surface area contributed by atoms with E-state index >= 15 is 0 Å². The van der Waals surface area contributed by atoms with Gasteiger partial charge in [0.15, 0.2) is 0 Å². The van der Waals surface area contributed by atoms with Crippen molar-refractivity contribution in [1.82, 2.24) is 4.31 Å². The number of benzene rings is 2. The summed E-state index contributed by atoms with van der Waals surface area (Å²) in [7, 11) is -1.56. The Morgan fingerprint density at radius 3 is 2.45 bits per heavy atom. The second-order valence-electron chi connectivity index (χ2n) is 10.5. The molecule has 7 nitrogen and oxygen atoms in total. The van der Waals surface area contributed by atoms with Gasteiger partial charge in [-0.15, -0.1) is 22.5 Å². The Labute approximate surface area is 233 Å². The molecule has 210 valence electrons. The van der Waals surface area contributed by atoms with Crippen molar-refractivity contribution < 1.29 is 23.4 Å². The van der Waals surface area contributed by atoms with E-state index in [9.17, 15) is 13.9 Å². The third-order valence-corrected chi connectivity index (χ3v) is 9.69. The van der Waals surface area contributed by atoms with Crippen LogP contribution < -0.4 is 9.64 Å². The third kappa shape index (κ3) is 6.69. The number of rotatable bonds is 9. The van der Waals surface area contributed by atoms with Gasteiger partial charge in [0.1, 0.15) is 16.2 Å². The van der Waals surface area contributed by atoms with Crippen LogP contribution in [0.15, 0.2) is 64.6 Å². The van der Waals surface area contributed by atoms with Gasteiger partial charge in [-0.3, -0.25) is 9.11 Å². The molecule has 2 aromatic rings. The summed E-state index contributed by atoms with van der Waals surface area (Å²) in [6, 6.07) is 13.7. The van der Waals surface area contributed by atoms with Gasteiger partial charge < -0.3 is 14.4 Å². The molecule has 9 heteroatoms. The maximum absolute atomic E-state index is 12.1. The summed E-state index contributed by atoms with van der Waals surface area (Å²) in [6.07, 6.45) is 8.05. The molecule has 1 aliphatic rings. The molecule has 1 atom stereocenters. The number of fused-ring (bicyclic) bond motifs is 1. The number of esters is 1. The van der Waals surface area contributed by atoms with Crippen LogP contribution in [0, 0.1) is 0 Å². The van der Waals surface area contributed by atoms with Crippen LogP contribution in [-0.2, 0) is 9.53 Å². The van der Waals surface area contributed by atoms with Crippen LogP contribution in [-0.4, -0.2) is 50.4 Å². The molecule has 38 heavy (non-hydrogen) atoms. The number of para-hydroxylation sites is 1. The van der Waals surface area contributed by atoms with E-state index in [1.165, 1.54) is 24.1 Å². The molecule has 2 aromatic carbocycles. The Morgan fingerprint density at radius 1 is 1.18 bits per heavy atom. The number of likely N-dealkylation sites (N-methyl/N-ethyl adjacent to an activating group) is 1. The van der Waals surface area contributed by atoms with Gasteiger partial charge in [0.2, 0.25) is 0 Å². The minimum Gasteiger partial charge on any atom is -0.463 e. The molecule has 1 heterocycles. The van der Waals surface area contributed by atoms with E-state index in [4.69, 9.17) is 9.47 Å². The number of thioether (sulfide) groups is 1. The van der Waals surface area contributed by atoms with Gasteiger partial charge >= 0.3 is 5.97 Å². The summed E-state index contributed by atoms with van der Waals surface area (Å²) >= 11 is 1.49. The molecular formula is C29H42N2O5S2. The first-order valence-corrected chi connectivity index (χ1v) is 15.7. The topological polar surface area (TPSA) is 82.5 Å². The fourth-order valence-corrected chi connectivity index (χ4v) is 7.07. The fourth-order valence-electron chi connectivity index (χ4n) is 4.70. The first-order chi connectivity index (χ1) is 17.9. The number of carbonyl (C=O) groups excluding carboxylic acids is 1. The lowest BCUT2D eigenvalue weighted by molar-refractivity contribution is -0.148. The minimum absolute atomic E-state index is 0.397. The van der Waals surface area contributed by atoms with Crippen molar-refractivity contribution in [3.05, 3.63) is 54.8 Å². The molecule has 0 aromatic heterocycles. The van der Waals surface area contributed by atoms with Crippen LogP contribution in [0.1, 0.15) is 60.3 Å². The average molecular weight is 563 g/mol. The van der Waals surface area contributed by atoms with Crippen LogP contribution in [0.4, 0.5) is 11.4 Å². The fraction of sp³-hybridized carbons (Fsp3) is 0.483. The van der Waals surface area contributed by atoms with Gasteiger partial charge in [-0.05, 0) is 58.1 Å². The quantitative estimate of drug-likeness (QED) is 0.137. The molecule has 0 saturated heterocycles. The molecule has 0 bridgehead atoms. The highest BCUT2D eigenvalue weighted by Gasteiger charge is 2.46. The summed E-state index contributed by atoms with van der Waals surface area (Å²) in [5.41, 5.74) is 0.657. The lowest BCUT2D eigenvalue weighted by Crippen LogP contribution is -2.52. The Hall–Kier alpha value is -2.17. The summed E-state index contributed by atoms with van der Waals surface area (Å²) in [5, 5.41) is 0. The lowest BCUT2D eigenvalue weighted by Gasteiger charge is -2.50. The van der Waals surface area contributed by atoms with Crippen LogP contribution in [0.5, 0.6) is 5.75 Å². The maximum Gasteiger partial charge on any atom is 0.334 e. The second kappa shape index (κ2) is 12.3. The number of carbonyl (C=O) groups is 1. The molecule has 0 saturated carbocycles. The number of hydrogen-bond donors (Lipinski definition) is 2. The summed E-state index contributed by atoms with van der Waals surface area (Å²) < 4.78 is 36.6. The predicted octanol–water partition coefficient (Wildman–Crippen LogP) is 8.09. The molecule has 0 fully saturated rings. The summed E-state index contributed by atoms with van der Waals surface area (Å²) in [4.78, 5) is 15.5. The molecule has 1 aliphatic heterocycles. The Morgan fingerprint density at radius 2 is 1.87 bits per heavy atom. The van der Waals surface area contributed by atoms with Crippen LogP contribution >= 0.6 is 22.5 Å². The smallest absolute Gasteiger partial charge is 0.334 e. The van der Waals surface area contributed by atoms with Gasteiger partial charge in [0.05, 0.1) is 28.5 Å². The summed E-state index contributed by atoms with van der Waals surface area (Å²) in [5.74, 6) is -0.0732. The standard InChI is InChI=1S/C29H42N2O5S2/c1-8-10-17-29(9-2)21-31(22-14-12-11-13-15-22)23-19-25(37-7)24(20-26(23)38(33,34)30(29)6)35-18-16-27(32)36-28(3,4)5/h11-16,18-20,33-34H,8-10,17,21H2,1-7H3/b18-16+. The predicted molar refractivity (Wildman–Crippen MR) is 159 cm³/mol. The average Bonchev–Trinajstić information content (AvgIpc) is 2.94. The molecular weight excluding hydrogens is 520 g/mol. The van der Waals surface area contributed by atoms with Crippen molar-refractivity contribution in [3.8, 4) is 5.75 Å². The van der Waals surface area contributed by atoms with Crippen molar-refractivity contribution in [3.63, 3.8) is 0 Å². The van der Waals surface area contributed by atoms with Gasteiger partial charge in [-0.25, -0.2) is 4.79 Å². The maximum atomic E-state index is 12.1. The summed E-state index contributed by atoms with van der Waals surface area (Å²) in [6.45, 7) is 10.3. The first kappa shape index (κ1) is 30.4. The minimum atomic E-state index is -3.37. The Kier molecular flexibility index (Phi) is 9.87. The molecule has 3 rings (SSSR count). The molecule has 1 unspecified atom stereocenters. The monoisotopic (exact) mass is 562 g/mol. The molecule has 0 amide bonds. The second-order valence-corrected chi connectivity index (χ2v) is 13.4. The van der Waals surface area contributed by atoms with E-state index in [-0.39, 0.29) is 0 Å². The van der Waals surface area contributed by atoms with Gasteiger partial charge in [0, 0.05) is 25.3 Å². The van der Waals surface area contributed by atoms with Gasteiger partial charge in [0.25, 0.3) is 0 Å². The molecule has 0 radical (unpaired) electrons. The highest BCUT2D eigenvalue weighted by atomic mass is 32.3. The number of ether oxygens (including phenoxy) is 2. The van der Waals surface area contributed by atoms with Gasteiger partial charge in [-0.2, -0.15) is 4.31 Å². The van der Waals surface area contributed by atoms with Crippen LogP contribution in [0.3, 0.4) is 0 Å². The number of hydrogen-bond acceptors (Lipinski definition) is 8. The number of anilines is 2. The van der Waals surface area contributed by atoms with Crippen molar-refractivity contribution in [2.45, 2.75) is 81.2 Å². The van der Waals surface area contributed by atoms with Gasteiger partial charge in [-0.1, -0.05) is 44.9 Å². The number of nitrogens with zero attached hydrogens (tertiary/aromatic N) is 2. The van der Waals surface area contributed by atoms with E-state index in [0.29, 0.717) is 17.2 Å². The molecule has 2 N–H and O–H groups in total. The zero-order chi connectivity index (χ0) is 28.1. The van der Waals surface area contributed by atoms with E-state index in [1.54, 1.807) is 31.1 Å². The Balaban J connectivity index is 2.15. The highest BCUT2D eigenvalue weighted by Crippen LogP contribution is 2.62. The van der Waals surface area contributed by atoms with E-state index < -0.39 is 27.9 Å². The molecule has 0 aliphatic carbocycles.